The third kappa shape index (κ3) is 1.90. The normalized spacial score (nSPS) is 30.3. The number of aliphatic hydroxyl groups is 1. The molecule has 0 aromatic carbocycles. The number of carboxylic acids is 1. The fourth-order valence-electron chi connectivity index (χ4n) is 1.66. The molecule has 2 fully saturated rings. The van der Waals surface area contributed by atoms with Gasteiger partial charge in [0, 0.05) is 0 Å². The summed E-state index contributed by atoms with van der Waals surface area (Å²) in [5.74, 6) is -1.22. The number of aliphatic carboxylic acids is 1. The Labute approximate surface area is 108 Å². The van der Waals surface area contributed by atoms with Crippen LogP contribution in [0.5, 0.6) is 0 Å². The van der Waals surface area contributed by atoms with E-state index in [0.29, 0.717) is 0 Å². The first-order chi connectivity index (χ1) is 6.65. The van der Waals surface area contributed by atoms with Crippen LogP contribution in [-0.4, -0.2) is 75.4 Å². The molecule has 0 spiro atoms. The summed E-state index contributed by atoms with van der Waals surface area (Å²) in [6, 6.07) is -1.06. The molecule has 2 atom stereocenters. The molecular formula is C8H10NNaO5. The van der Waals surface area contributed by atoms with Gasteiger partial charge < -0.3 is 14.9 Å². The third-order valence-electron chi connectivity index (χ3n) is 2.29. The predicted octanol–water partition coefficient (Wildman–Crippen LogP) is -1.74. The summed E-state index contributed by atoms with van der Waals surface area (Å²) < 4.78 is 5.17. The Kier molecular flexibility index (Phi) is 3.77. The van der Waals surface area contributed by atoms with Gasteiger partial charge in [0.05, 0.1) is 13.0 Å². The van der Waals surface area contributed by atoms with Crippen LogP contribution in [0.1, 0.15) is 6.42 Å². The van der Waals surface area contributed by atoms with Gasteiger partial charge >= 0.3 is 35.5 Å². The molecule has 2 aliphatic rings. The first-order valence-electron chi connectivity index (χ1n) is 4.16. The van der Waals surface area contributed by atoms with Gasteiger partial charge in [-0.05, 0) is 6.08 Å². The molecule has 0 aliphatic carbocycles. The number of carbonyl (C=O) groups excluding carboxylic acids is 1. The van der Waals surface area contributed by atoms with Gasteiger partial charge in [-0.25, -0.2) is 4.79 Å². The molecule has 0 saturated carbocycles. The van der Waals surface area contributed by atoms with Crippen molar-refractivity contribution in [3.63, 3.8) is 0 Å². The van der Waals surface area contributed by atoms with Crippen molar-refractivity contribution in [3.8, 4) is 0 Å². The zero-order valence-corrected chi connectivity index (χ0v) is 7.21. The van der Waals surface area contributed by atoms with Crippen LogP contribution in [0.3, 0.4) is 0 Å². The monoisotopic (exact) mass is 223 g/mol. The first-order valence-corrected chi connectivity index (χ1v) is 4.16. The number of carboxylic acid groups (broad SMARTS) is 1. The number of ether oxygens (including phenoxy) is 1. The number of fused-ring (bicyclic) bond motifs is 1. The molecule has 1 amide bonds. The first kappa shape index (κ1) is 12.5. The summed E-state index contributed by atoms with van der Waals surface area (Å²) in [5.41, 5.74) is 0. The van der Waals surface area contributed by atoms with E-state index < -0.39 is 18.2 Å². The fraction of sp³-hybridized carbons (Fsp3) is 0.500. The molecule has 2 heterocycles. The quantitative estimate of drug-likeness (QED) is 0.428. The molecule has 78 valence electrons. The molecule has 2 aliphatic heterocycles. The van der Waals surface area contributed by atoms with Crippen molar-refractivity contribution in [2.75, 3.05) is 6.61 Å². The average Bonchev–Trinajstić information content (AvgIpc) is 2.39. The van der Waals surface area contributed by atoms with Crippen LogP contribution in [0.2, 0.25) is 0 Å². The van der Waals surface area contributed by atoms with E-state index in [2.05, 4.69) is 0 Å². The second-order valence-corrected chi connectivity index (χ2v) is 3.11. The van der Waals surface area contributed by atoms with Gasteiger partial charge in [0.2, 0.25) is 5.91 Å². The Hall–Kier alpha value is -0.560. The third-order valence-corrected chi connectivity index (χ3v) is 2.29. The van der Waals surface area contributed by atoms with Crippen molar-refractivity contribution in [2.45, 2.75) is 18.7 Å². The van der Waals surface area contributed by atoms with E-state index in [1.807, 2.05) is 0 Å². The van der Waals surface area contributed by atoms with Crippen molar-refractivity contribution in [2.24, 2.45) is 0 Å². The van der Waals surface area contributed by atoms with E-state index in [-0.39, 0.29) is 54.3 Å². The van der Waals surface area contributed by atoms with E-state index in [0.717, 1.165) is 0 Å². The average molecular weight is 223 g/mol. The summed E-state index contributed by atoms with van der Waals surface area (Å²) in [6.45, 7) is -0.298. The molecule has 0 aromatic heterocycles. The Morgan fingerprint density at radius 2 is 2.33 bits per heavy atom. The predicted molar refractivity (Wildman–Crippen MR) is 50.1 cm³/mol. The Morgan fingerprint density at radius 1 is 1.67 bits per heavy atom. The summed E-state index contributed by atoms with van der Waals surface area (Å²) in [7, 11) is 0. The molecule has 0 bridgehead atoms. The van der Waals surface area contributed by atoms with Gasteiger partial charge in [0.15, 0.2) is 12.3 Å². The maximum absolute atomic E-state index is 11.1. The van der Waals surface area contributed by atoms with Crippen molar-refractivity contribution in [1.29, 1.82) is 0 Å². The van der Waals surface area contributed by atoms with Crippen LogP contribution in [0.4, 0.5) is 0 Å². The topological polar surface area (TPSA) is 87.1 Å². The zero-order valence-electron chi connectivity index (χ0n) is 7.21. The fourth-order valence-corrected chi connectivity index (χ4v) is 1.66. The number of β-lactam (4-membered cyclic amide) rings is 1. The van der Waals surface area contributed by atoms with Crippen LogP contribution >= 0.6 is 0 Å². The van der Waals surface area contributed by atoms with Crippen LogP contribution in [0.25, 0.3) is 0 Å². The summed E-state index contributed by atoms with van der Waals surface area (Å²) in [6.07, 6.45) is 1.03. The number of nitrogens with zero attached hydrogens (tertiary/aromatic N) is 1. The van der Waals surface area contributed by atoms with E-state index in [1.54, 1.807) is 0 Å². The number of rotatable bonds is 2. The molecule has 7 heteroatoms. The number of carbonyl (C=O) groups is 2. The minimum atomic E-state index is -1.14. The van der Waals surface area contributed by atoms with Crippen molar-refractivity contribution < 1.29 is 24.5 Å². The minimum absolute atomic E-state index is 0. The van der Waals surface area contributed by atoms with E-state index in [4.69, 9.17) is 14.9 Å². The van der Waals surface area contributed by atoms with Gasteiger partial charge in [0.25, 0.3) is 0 Å². The van der Waals surface area contributed by atoms with Gasteiger partial charge in [-0.2, -0.15) is 0 Å². The Morgan fingerprint density at radius 3 is 2.80 bits per heavy atom. The molecule has 2 saturated heterocycles. The summed E-state index contributed by atoms with van der Waals surface area (Å²) >= 11 is 0. The molecule has 0 aromatic rings. The van der Waals surface area contributed by atoms with Gasteiger partial charge in [-0.15, -0.1) is 0 Å². The Bertz CT molecular complexity index is 329. The molecule has 2 N–H and O–H groups in total. The second kappa shape index (κ2) is 4.52. The van der Waals surface area contributed by atoms with Crippen LogP contribution in [-0.2, 0) is 14.3 Å². The molecule has 2 rings (SSSR count). The van der Waals surface area contributed by atoms with Gasteiger partial charge in [-0.1, -0.05) is 0 Å². The van der Waals surface area contributed by atoms with Crippen LogP contribution in [0.15, 0.2) is 11.8 Å². The molecule has 0 unspecified atom stereocenters. The number of aliphatic hydroxyl groups excluding tert-OH is 1. The van der Waals surface area contributed by atoms with E-state index in [1.165, 1.54) is 11.0 Å². The summed E-state index contributed by atoms with van der Waals surface area (Å²) in [5, 5.41) is 17.5. The van der Waals surface area contributed by atoms with Crippen molar-refractivity contribution in [3.05, 3.63) is 11.8 Å². The molecule has 0 radical (unpaired) electrons. The standard InChI is InChI=1S/C8H9NO5.Na.H/c10-2-1-4-7(8(12)13)9-5(11)3-6(9)14-4;;/h1,6-7,10H,2-3H2,(H,12,13);;/b4-1-;;/t6-,7-;;/m1../s1. The van der Waals surface area contributed by atoms with E-state index >= 15 is 0 Å². The Balaban J connectivity index is 0.00000112. The van der Waals surface area contributed by atoms with Crippen LogP contribution in [0, 0.1) is 0 Å². The SMILES string of the molecule is O=C(O)[C@H]1/C(=C/CO)O[C@@H]2CC(=O)N21.[NaH]. The molecule has 6 nitrogen and oxygen atoms in total. The van der Waals surface area contributed by atoms with Gasteiger partial charge in [0.1, 0.15) is 5.76 Å². The number of hydrogen-bond donors (Lipinski definition) is 2. The van der Waals surface area contributed by atoms with Crippen molar-refractivity contribution in [1.82, 2.24) is 4.90 Å². The summed E-state index contributed by atoms with van der Waals surface area (Å²) in [4.78, 5) is 23.1. The van der Waals surface area contributed by atoms with Crippen LogP contribution < -0.4 is 0 Å². The number of amides is 1. The van der Waals surface area contributed by atoms with Crippen molar-refractivity contribution >= 4 is 41.4 Å². The maximum atomic E-state index is 11.1. The second-order valence-electron chi connectivity index (χ2n) is 3.11. The number of hydrogen-bond acceptors (Lipinski definition) is 4. The van der Waals surface area contributed by atoms with Gasteiger partial charge in [-0.3, -0.25) is 9.69 Å². The molecular weight excluding hydrogens is 213 g/mol. The molecule has 15 heavy (non-hydrogen) atoms. The zero-order chi connectivity index (χ0) is 10.3. The van der Waals surface area contributed by atoms with E-state index in [9.17, 15) is 9.59 Å².